The molecule has 1 fully saturated rings. The lowest BCUT2D eigenvalue weighted by molar-refractivity contribution is -0.120. The molecule has 1 aliphatic rings. The van der Waals surface area contributed by atoms with Crippen molar-refractivity contribution < 1.29 is 4.79 Å². The highest BCUT2D eigenvalue weighted by Crippen LogP contribution is 2.38. The van der Waals surface area contributed by atoms with E-state index in [1.807, 2.05) is 24.3 Å². The van der Waals surface area contributed by atoms with Gasteiger partial charge in [0.05, 0.1) is 6.42 Å². The second-order valence-corrected chi connectivity index (χ2v) is 6.42. The van der Waals surface area contributed by atoms with Crippen LogP contribution in [0.3, 0.4) is 0 Å². The second-order valence-electron chi connectivity index (χ2n) is 5.42. The molecule has 0 atom stereocenters. The van der Waals surface area contributed by atoms with E-state index in [4.69, 9.17) is 11.6 Å². The van der Waals surface area contributed by atoms with E-state index in [1.165, 1.54) is 25.7 Å². The van der Waals surface area contributed by atoms with Crippen molar-refractivity contribution in [3.8, 4) is 0 Å². The summed E-state index contributed by atoms with van der Waals surface area (Å²) in [6.07, 6.45) is 5.36. The van der Waals surface area contributed by atoms with Gasteiger partial charge in [0.15, 0.2) is 0 Å². The van der Waals surface area contributed by atoms with E-state index in [9.17, 15) is 4.79 Å². The van der Waals surface area contributed by atoms with E-state index in [1.54, 1.807) is 0 Å². The van der Waals surface area contributed by atoms with Crippen LogP contribution in [-0.4, -0.2) is 17.8 Å². The lowest BCUT2D eigenvalue weighted by Crippen LogP contribution is -2.37. The summed E-state index contributed by atoms with van der Waals surface area (Å²) in [6, 6.07) is 7.47. The van der Waals surface area contributed by atoms with Gasteiger partial charge in [0.1, 0.15) is 0 Å². The first-order valence-corrected chi connectivity index (χ1v) is 8.21. The number of alkyl halides is 1. The third kappa shape index (κ3) is 4.22. The molecule has 0 heterocycles. The summed E-state index contributed by atoms with van der Waals surface area (Å²) in [7, 11) is 0. The molecule has 1 aliphatic carbocycles. The standard InChI is InChI=1S/C15H19BrClNO/c16-10-15(6-1-2-7-15)11-18-14(19)9-12-4-3-5-13(17)8-12/h3-5,8H,1-2,6-7,9-11H2,(H,18,19). The van der Waals surface area contributed by atoms with Crippen LogP contribution in [0.1, 0.15) is 31.2 Å². The highest BCUT2D eigenvalue weighted by molar-refractivity contribution is 9.09. The van der Waals surface area contributed by atoms with Gasteiger partial charge in [-0.1, -0.05) is 52.5 Å². The molecular formula is C15H19BrClNO. The van der Waals surface area contributed by atoms with Gasteiger partial charge in [-0.25, -0.2) is 0 Å². The van der Waals surface area contributed by atoms with Gasteiger partial charge in [0, 0.05) is 16.9 Å². The van der Waals surface area contributed by atoms with Crippen molar-refractivity contribution in [2.75, 3.05) is 11.9 Å². The van der Waals surface area contributed by atoms with E-state index >= 15 is 0 Å². The topological polar surface area (TPSA) is 29.1 Å². The van der Waals surface area contributed by atoms with Crippen molar-refractivity contribution in [1.29, 1.82) is 0 Å². The molecule has 104 valence electrons. The summed E-state index contributed by atoms with van der Waals surface area (Å²) >= 11 is 9.51. The maximum absolute atomic E-state index is 12.0. The maximum atomic E-state index is 12.0. The van der Waals surface area contributed by atoms with Crippen LogP contribution in [0, 0.1) is 5.41 Å². The third-order valence-corrected chi connectivity index (χ3v) is 5.29. The highest BCUT2D eigenvalue weighted by atomic mass is 79.9. The number of halogens is 2. The predicted octanol–water partition coefficient (Wildman–Crippen LogP) is 3.95. The molecule has 1 N–H and O–H groups in total. The van der Waals surface area contributed by atoms with Gasteiger partial charge in [-0.15, -0.1) is 0 Å². The number of rotatable bonds is 5. The molecule has 0 aromatic heterocycles. The Morgan fingerprint density at radius 1 is 1.37 bits per heavy atom. The molecule has 0 spiro atoms. The Kier molecular flexibility index (Phi) is 5.28. The van der Waals surface area contributed by atoms with Crippen LogP contribution < -0.4 is 5.32 Å². The summed E-state index contributed by atoms with van der Waals surface area (Å²) in [5.74, 6) is 0.0782. The molecule has 2 rings (SSSR count). The summed E-state index contributed by atoms with van der Waals surface area (Å²) in [5.41, 5.74) is 1.23. The zero-order chi connectivity index (χ0) is 13.7. The van der Waals surface area contributed by atoms with Crippen LogP contribution in [-0.2, 0) is 11.2 Å². The van der Waals surface area contributed by atoms with Crippen molar-refractivity contribution in [3.05, 3.63) is 34.9 Å². The fraction of sp³-hybridized carbons (Fsp3) is 0.533. The molecule has 0 aliphatic heterocycles. The Balaban J connectivity index is 1.84. The lowest BCUT2D eigenvalue weighted by atomic mass is 9.89. The van der Waals surface area contributed by atoms with Gasteiger partial charge in [-0.05, 0) is 36.0 Å². The molecular weight excluding hydrogens is 326 g/mol. The molecule has 0 bridgehead atoms. The van der Waals surface area contributed by atoms with E-state index in [-0.39, 0.29) is 11.3 Å². The number of hydrogen-bond donors (Lipinski definition) is 1. The largest absolute Gasteiger partial charge is 0.355 e. The molecule has 0 saturated heterocycles. The first-order valence-electron chi connectivity index (χ1n) is 6.71. The van der Waals surface area contributed by atoms with Gasteiger partial charge >= 0.3 is 0 Å². The molecule has 0 radical (unpaired) electrons. The number of amides is 1. The first kappa shape index (κ1) is 14.9. The quantitative estimate of drug-likeness (QED) is 0.805. The SMILES string of the molecule is O=C(Cc1cccc(Cl)c1)NCC1(CBr)CCCC1. The zero-order valence-corrected chi connectivity index (χ0v) is 13.3. The minimum atomic E-state index is 0.0782. The zero-order valence-electron chi connectivity index (χ0n) is 10.9. The fourth-order valence-corrected chi connectivity index (χ4v) is 3.64. The third-order valence-electron chi connectivity index (χ3n) is 3.86. The Bertz CT molecular complexity index is 444. The fourth-order valence-electron chi connectivity index (χ4n) is 2.66. The van der Waals surface area contributed by atoms with Crippen molar-refractivity contribution in [2.45, 2.75) is 32.1 Å². The summed E-state index contributed by atoms with van der Waals surface area (Å²) in [6.45, 7) is 0.775. The van der Waals surface area contributed by atoms with Crippen LogP contribution in [0.4, 0.5) is 0 Å². The molecule has 2 nitrogen and oxygen atoms in total. The van der Waals surface area contributed by atoms with Crippen molar-refractivity contribution >= 4 is 33.4 Å². The number of hydrogen-bond acceptors (Lipinski definition) is 1. The van der Waals surface area contributed by atoms with Gasteiger partial charge in [0.2, 0.25) is 5.91 Å². The number of carbonyl (C=O) groups is 1. The molecule has 1 saturated carbocycles. The van der Waals surface area contributed by atoms with E-state index in [0.29, 0.717) is 11.4 Å². The monoisotopic (exact) mass is 343 g/mol. The predicted molar refractivity (Wildman–Crippen MR) is 82.9 cm³/mol. The molecule has 1 amide bonds. The molecule has 19 heavy (non-hydrogen) atoms. The van der Waals surface area contributed by atoms with Crippen LogP contribution >= 0.6 is 27.5 Å². The van der Waals surface area contributed by atoms with Crippen LogP contribution in [0.15, 0.2) is 24.3 Å². The number of benzene rings is 1. The molecule has 1 aromatic rings. The van der Waals surface area contributed by atoms with Crippen molar-refractivity contribution in [3.63, 3.8) is 0 Å². The average molecular weight is 345 g/mol. The minimum absolute atomic E-state index is 0.0782. The van der Waals surface area contributed by atoms with Gasteiger partial charge in [0.25, 0.3) is 0 Å². The Hall–Kier alpha value is -0.540. The lowest BCUT2D eigenvalue weighted by Gasteiger charge is -2.26. The Morgan fingerprint density at radius 2 is 2.11 bits per heavy atom. The smallest absolute Gasteiger partial charge is 0.224 e. The van der Waals surface area contributed by atoms with E-state index < -0.39 is 0 Å². The van der Waals surface area contributed by atoms with Gasteiger partial charge in [-0.3, -0.25) is 4.79 Å². The molecule has 4 heteroatoms. The van der Waals surface area contributed by atoms with Crippen LogP contribution in [0.25, 0.3) is 0 Å². The van der Waals surface area contributed by atoms with Gasteiger partial charge < -0.3 is 5.32 Å². The van der Waals surface area contributed by atoms with Crippen molar-refractivity contribution in [2.24, 2.45) is 5.41 Å². The average Bonchev–Trinajstić information content (AvgIpc) is 2.86. The van der Waals surface area contributed by atoms with Gasteiger partial charge in [-0.2, -0.15) is 0 Å². The molecule has 0 unspecified atom stereocenters. The summed E-state index contributed by atoms with van der Waals surface area (Å²) in [5, 5.41) is 4.72. The normalized spacial score (nSPS) is 17.4. The second kappa shape index (κ2) is 6.76. The van der Waals surface area contributed by atoms with Crippen LogP contribution in [0.2, 0.25) is 5.02 Å². The minimum Gasteiger partial charge on any atom is -0.355 e. The van der Waals surface area contributed by atoms with E-state index in [2.05, 4.69) is 21.2 Å². The summed E-state index contributed by atoms with van der Waals surface area (Å²) < 4.78 is 0. The maximum Gasteiger partial charge on any atom is 0.224 e. The summed E-state index contributed by atoms with van der Waals surface area (Å²) in [4.78, 5) is 12.0. The Labute approximate surface area is 128 Å². The number of nitrogens with one attached hydrogen (secondary N) is 1. The highest BCUT2D eigenvalue weighted by Gasteiger charge is 2.32. The number of carbonyl (C=O) groups excluding carboxylic acids is 1. The molecule has 1 aromatic carbocycles. The van der Waals surface area contributed by atoms with E-state index in [0.717, 1.165) is 17.4 Å². The van der Waals surface area contributed by atoms with Crippen molar-refractivity contribution in [1.82, 2.24) is 5.32 Å². The van der Waals surface area contributed by atoms with Crippen LogP contribution in [0.5, 0.6) is 0 Å². The first-order chi connectivity index (χ1) is 9.13. The Morgan fingerprint density at radius 3 is 2.74 bits per heavy atom.